The Bertz CT molecular complexity index is 684. The molecule has 0 heterocycles. The van der Waals surface area contributed by atoms with Crippen molar-refractivity contribution in [3.05, 3.63) is 68.7 Å². The highest BCUT2D eigenvalue weighted by molar-refractivity contribution is 6.42. The van der Waals surface area contributed by atoms with Crippen molar-refractivity contribution >= 4 is 46.5 Å². The number of halogens is 3. The molecule has 0 unspecified atom stereocenters. The molecule has 0 aliphatic heterocycles. The van der Waals surface area contributed by atoms with Crippen molar-refractivity contribution in [1.29, 1.82) is 5.26 Å². The lowest BCUT2D eigenvalue weighted by Gasteiger charge is -2.03. The molecule has 2 rings (SSSR count). The summed E-state index contributed by atoms with van der Waals surface area (Å²) in [7, 11) is 0. The molecule has 0 aliphatic rings. The average molecular weight is 309 g/mol. The molecule has 0 aromatic heterocycles. The van der Waals surface area contributed by atoms with E-state index in [2.05, 4.69) is 6.07 Å². The van der Waals surface area contributed by atoms with Crippen LogP contribution in [0, 0.1) is 11.3 Å². The van der Waals surface area contributed by atoms with E-state index in [9.17, 15) is 5.26 Å². The van der Waals surface area contributed by atoms with Gasteiger partial charge in [-0.2, -0.15) is 5.26 Å². The molecule has 0 fully saturated rings. The number of nitrogens with zero attached hydrogens (tertiary/aromatic N) is 1. The van der Waals surface area contributed by atoms with Crippen LogP contribution >= 0.6 is 34.8 Å². The lowest BCUT2D eigenvalue weighted by atomic mass is 10.0. The van der Waals surface area contributed by atoms with Crippen LogP contribution in [-0.2, 0) is 0 Å². The van der Waals surface area contributed by atoms with Crippen LogP contribution in [0.15, 0.2) is 42.5 Å². The van der Waals surface area contributed by atoms with Crippen molar-refractivity contribution in [2.24, 2.45) is 0 Å². The van der Waals surface area contributed by atoms with Gasteiger partial charge in [-0.25, -0.2) is 0 Å². The maximum atomic E-state index is 9.25. The van der Waals surface area contributed by atoms with Gasteiger partial charge >= 0.3 is 0 Å². The van der Waals surface area contributed by atoms with Gasteiger partial charge in [0.2, 0.25) is 0 Å². The highest BCUT2D eigenvalue weighted by atomic mass is 35.5. The van der Waals surface area contributed by atoms with Crippen molar-refractivity contribution in [3.63, 3.8) is 0 Å². The molecule has 1 nitrogen and oxygen atoms in total. The summed E-state index contributed by atoms with van der Waals surface area (Å²) >= 11 is 17.9. The van der Waals surface area contributed by atoms with E-state index in [4.69, 9.17) is 34.8 Å². The van der Waals surface area contributed by atoms with Crippen LogP contribution in [0.25, 0.3) is 11.6 Å². The molecule has 0 N–H and O–H groups in total. The standard InChI is InChI=1S/C15H8Cl3N/c16-13-4-2-1-3-12(13)11(9-19)7-10-5-6-14(17)15(18)8-10/h1-8H. The van der Waals surface area contributed by atoms with Crippen LogP contribution in [0.1, 0.15) is 11.1 Å². The zero-order valence-corrected chi connectivity index (χ0v) is 12.0. The zero-order chi connectivity index (χ0) is 13.8. The minimum absolute atomic E-state index is 0.451. The summed E-state index contributed by atoms with van der Waals surface area (Å²) in [5, 5.41) is 10.7. The first-order chi connectivity index (χ1) is 9.11. The lowest BCUT2D eigenvalue weighted by Crippen LogP contribution is -1.84. The number of rotatable bonds is 2. The monoisotopic (exact) mass is 307 g/mol. The van der Waals surface area contributed by atoms with Gasteiger partial charge in [0.1, 0.15) is 0 Å². The Morgan fingerprint density at radius 1 is 0.947 bits per heavy atom. The molecule has 0 amide bonds. The van der Waals surface area contributed by atoms with E-state index in [1.165, 1.54) is 0 Å². The van der Waals surface area contributed by atoms with Crippen LogP contribution in [-0.4, -0.2) is 0 Å². The van der Waals surface area contributed by atoms with E-state index >= 15 is 0 Å². The molecule has 0 aliphatic carbocycles. The smallest absolute Gasteiger partial charge is 0.0998 e. The van der Waals surface area contributed by atoms with Crippen molar-refractivity contribution < 1.29 is 0 Å². The minimum Gasteiger partial charge on any atom is -0.192 e. The molecule has 0 atom stereocenters. The summed E-state index contributed by atoms with van der Waals surface area (Å²) in [5.74, 6) is 0. The van der Waals surface area contributed by atoms with Gasteiger partial charge in [-0.15, -0.1) is 0 Å². The van der Waals surface area contributed by atoms with Gasteiger partial charge < -0.3 is 0 Å². The molecule has 19 heavy (non-hydrogen) atoms. The topological polar surface area (TPSA) is 23.8 Å². The Balaban J connectivity index is 2.48. The summed E-state index contributed by atoms with van der Waals surface area (Å²) in [6, 6.07) is 14.5. The third-order valence-electron chi connectivity index (χ3n) is 2.54. The summed E-state index contributed by atoms with van der Waals surface area (Å²) < 4.78 is 0. The van der Waals surface area contributed by atoms with Gasteiger partial charge in [-0.1, -0.05) is 59.1 Å². The molecule has 0 spiro atoms. The highest BCUT2D eigenvalue weighted by Gasteiger charge is 2.06. The quantitative estimate of drug-likeness (QED) is 0.515. The van der Waals surface area contributed by atoms with E-state index < -0.39 is 0 Å². The Labute approximate surface area is 126 Å². The van der Waals surface area contributed by atoms with E-state index in [0.29, 0.717) is 26.2 Å². The van der Waals surface area contributed by atoms with Crippen LogP contribution < -0.4 is 0 Å². The fourth-order valence-electron chi connectivity index (χ4n) is 1.62. The summed E-state index contributed by atoms with van der Waals surface area (Å²) in [6.07, 6.45) is 1.73. The van der Waals surface area contributed by atoms with Crippen molar-refractivity contribution in [2.45, 2.75) is 0 Å². The molecule has 0 radical (unpaired) electrons. The van der Waals surface area contributed by atoms with Crippen LogP contribution in [0.3, 0.4) is 0 Å². The van der Waals surface area contributed by atoms with Crippen LogP contribution in [0.4, 0.5) is 0 Å². The van der Waals surface area contributed by atoms with Crippen molar-refractivity contribution in [3.8, 4) is 6.07 Å². The summed E-state index contributed by atoms with van der Waals surface area (Å²) in [6.45, 7) is 0. The van der Waals surface area contributed by atoms with E-state index in [-0.39, 0.29) is 0 Å². The Hall–Kier alpha value is -1.46. The second kappa shape index (κ2) is 6.12. The van der Waals surface area contributed by atoms with E-state index in [0.717, 1.165) is 5.56 Å². The van der Waals surface area contributed by atoms with Crippen molar-refractivity contribution in [2.75, 3.05) is 0 Å². The maximum Gasteiger partial charge on any atom is 0.0998 e. The van der Waals surface area contributed by atoms with Gasteiger partial charge in [0.05, 0.1) is 21.7 Å². The predicted octanol–water partition coefficient (Wildman–Crippen LogP) is 5.71. The van der Waals surface area contributed by atoms with E-state index in [1.54, 1.807) is 36.4 Å². The van der Waals surface area contributed by atoms with Gasteiger partial charge in [-0.05, 0) is 29.8 Å². The highest BCUT2D eigenvalue weighted by Crippen LogP contribution is 2.27. The van der Waals surface area contributed by atoms with Gasteiger partial charge in [0.15, 0.2) is 0 Å². The number of hydrogen-bond acceptors (Lipinski definition) is 1. The Kier molecular flexibility index (Phi) is 4.50. The molecule has 0 saturated heterocycles. The maximum absolute atomic E-state index is 9.25. The molecular weight excluding hydrogens is 301 g/mol. The molecule has 0 bridgehead atoms. The lowest BCUT2D eigenvalue weighted by molar-refractivity contribution is 1.52. The molecule has 94 valence electrons. The number of allylic oxidation sites excluding steroid dienone is 1. The fraction of sp³-hybridized carbons (Fsp3) is 0. The number of hydrogen-bond donors (Lipinski definition) is 0. The predicted molar refractivity (Wildman–Crippen MR) is 81.4 cm³/mol. The first-order valence-electron chi connectivity index (χ1n) is 5.43. The van der Waals surface area contributed by atoms with Crippen LogP contribution in [0.2, 0.25) is 15.1 Å². The molecular formula is C15H8Cl3N. The van der Waals surface area contributed by atoms with Gasteiger partial charge in [0.25, 0.3) is 0 Å². The largest absolute Gasteiger partial charge is 0.192 e. The second-order valence-electron chi connectivity index (χ2n) is 3.82. The second-order valence-corrected chi connectivity index (χ2v) is 5.04. The van der Waals surface area contributed by atoms with E-state index in [1.807, 2.05) is 12.1 Å². The van der Waals surface area contributed by atoms with Gasteiger partial charge in [0, 0.05) is 10.6 Å². The molecule has 2 aromatic carbocycles. The Morgan fingerprint density at radius 3 is 2.32 bits per heavy atom. The molecule has 4 heteroatoms. The van der Waals surface area contributed by atoms with Crippen molar-refractivity contribution in [1.82, 2.24) is 0 Å². The average Bonchev–Trinajstić information content (AvgIpc) is 2.41. The first kappa shape index (κ1) is 14.0. The molecule has 0 saturated carbocycles. The van der Waals surface area contributed by atoms with Crippen LogP contribution in [0.5, 0.6) is 0 Å². The minimum atomic E-state index is 0.451. The summed E-state index contributed by atoms with van der Waals surface area (Å²) in [4.78, 5) is 0. The normalized spacial score (nSPS) is 11.2. The third kappa shape index (κ3) is 3.30. The van der Waals surface area contributed by atoms with Gasteiger partial charge in [-0.3, -0.25) is 0 Å². The first-order valence-corrected chi connectivity index (χ1v) is 6.57. The molecule has 2 aromatic rings. The number of benzene rings is 2. The number of nitriles is 1. The zero-order valence-electron chi connectivity index (χ0n) is 9.70. The third-order valence-corrected chi connectivity index (χ3v) is 3.61. The fourth-order valence-corrected chi connectivity index (χ4v) is 2.16. The SMILES string of the molecule is N#CC(=Cc1ccc(Cl)c(Cl)c1)c1ccccc1Cl. The summed E-state index contributed by atoms with van der Waals surface area (Å²) in [5.41, 5.74) is 1.97. The Morgan fingerprint density at radius 2 is 1.68 bits per heavy atom.